The van der Waals surface area contributed by atoms with Gasteiger partial charge in [-0.2, -0.15) is 0 Å². The Kier molecular flexibility index (Phi) is 15.7. The summed E-state index contributed by atoms with van der Waals surface area (Å²) in [5.74, 6) is 7.91. The molecule has 0 radical (unpaired) electrons. The van der Waals surface area contributed by atoms with Crippen LogP contribution in [0.5, 0.6) is 0 Å². The number of hydrogen-bond acceptors (Lipinski definition) is 4. The molecule has 0 aliphatic heterocycles. The molecule has 33 heavy (non-hydrogen) atoms. The fraction of sp³-hybridized carbons (Fsp3) is 0.241. The van der Waals surface area contributed by atoms with E-state index in [4.69, 9.17) is 0 Å². The van der Waals surface area contributed by atoms with Gasteiger partial charge < -0.3 is 0 Å². The van der Waals surface area contributed by atoms with E-state index in [1.807, 2.05) is 88.4 Å². The van der Waals surface area contributed by atoms with Crippen LogP contribution in [-0.4, -0.2) is 11.6 Å². The first-order valence-corrected chi connectivity index (χ1v) is 12.2. The topological polar surface area (TPSA) is 34.1 Å². The van der Waals surface area contributed by atoms with Crippen molar-refractivity contribution in [1.82, 2.24) is 0 Å². The van der Waals surface area contributed by atoms with Gasteiger partial charge in [0, 0.05) is 9.40 Å². The average molecular weight is 477 g/mol. The van der Waals surface area contributed by atoms with Gasteiger partial charge in [0.05, 0.1) is 9.75 Å². The fourth-order valence-corrected chi connectivity index (χ4v) is 4.23. The summed E-state index contributed by atoms with van der Waals surface area (Å²) in [6.07, 6.45) is 4.60. The Labute approximate surface area is 206 Å². The molecule has 0 unspecified atom stereocenters. The van der Waals surface area contributed by atoms with Crippen LogP contribution in [0.3, 0.4) is 0 Å². The third-order valence-electron chi connectivity index (χ3n) is 3.80. The summed E-state index contributed by atoms with van der Waals surface area (Å²) in [5.41, 5.74) is 0. The van der Waals surface area contributed by atoms with Crippen molar-refractivity contribution >= 4 is 54.4 Å². The van der Waals surface area contributed by atoms with E-state index < -0.39 is 0 Å². The summed E-state index contributed by atoms with van der Waals surface area (Å²) in [4.78, 5) is 23.7. The maximum atomic E-state index is 11.0. The zero-order chi connectivity index (χ0) is 25.2. The maximum absolute atomic E-state index is 11.0. The molecule has 2 aromatic carbocycles. The second-order valence-corrected chi connectivity index (χ2v) is 8.37. The Bertz CT molecular complexity index is 1090. The lowest BCUT2D eigenvalue weighted by Crippen LogP contribution is -1.83. The number of carbonyl (C=O) groups excluding carboxylic acids is 2. The molecule has 0 amide bonds. The van der Waals surface area contributed by atoms with Crippen LogP contribution in [-0.2, 0) is 0 Å². The van der Waals surface area contributed by atoms with E-state index in [2.05, 4.69) is 24.2 Å². The van der Waals surface area contributed by atoms with Crippen molar-refractivity contribution in [3.05, 3.63) is 70.4 Å². The monoisotopic (exact) mass is 476 g/mol. The van der Waals surface area contributed by atoms with Crippen LogP contribution < -0.4 is 0 Å². The molecule has 0 aliphatic carbocycles. The van der Waals surface area contributed by atoms with Crippen molar-refractivity contribution < 1.29 is 9.59 Å². The summed E-state index contributed by atoms with van der Waals surface area (Å²) >= 11 is 3.11. The van der Waals surface area contributed by atoms with Crippen molar-refractivity contribution in [2.75, 3.05) is 0 Å². The third-order valence-corrected chi connectivity index (χ3v) is 6.23. The van der Waals surface area contributed by atoms with Gasteiger partial charge in [0.15, 0.2) is 11.6 Å². The van der Waals surface area contributed by atoms with Gasteiger partial charge in [0.2, 0.25) is 0 Å². The first-order valence-electron chi connectivity index (χ1n) is 10.6. The Hall–Kier alpha value is -3.18. The summed E-state index contributed by atoms with van der Waals surface area (Å²) in [5, 5.41) is 2.32. The molecular weight excluding hydrogens is 444 g/mol. The van der Waals surface area contributed by atoms with E-state index in [0.29, 0.717) is 0 Å². The lowest BCUT2D eigenvalue weighted by molar-refractivity contribution is 0.101. The average Bonchev–Trinajstić information content (AvgIpc) is 3.46. The van der Waals surface area contributed by atoms with Crippen molar-refractivity contribution in [1.29, 1.82) is 0 Å². The molecular formula is C29H32O2S2. The molecule has 2 heterocycles. The number of Topliss-reactive ketones (excluding diaryl/α,β-unsaturated/α-hetero) is 2. The Balaban J connectivity index is 0.000000461. The molecule has 4 heteroatoms. The Morgan fingerprint density at radius 2 is 1.00 bits per heavy atom. The molecule has 0 N–H and O–H groups in total. The molecule has 0 spiro atoms. The largest absolute Gasteiger partial charge is 0.294 e. The van der Waals surface area contributed by atoms with Gasteiger partial charge in [-0.05, 0) is 69.7 Å². The lowest BCUT2D eigenvalue weighted by atomic mass is 10.2. The molecule has 2 aromatic heterocycles. The molecule has 2 nitrogen and oxygen atoms in total. The molecule has 0 saturated heterocycles. The van der Waals surface area contributed by atoms with Crippen molar-refractivity contribution in [2.24, 2.45) is 0 Å². The van der Waals surface area contributed by atoms with Gasteiger partial charge in [-0.3, -0.25) is 9.59 Å². The van der Waals surface area contributed by atoms with Gasteiger partial charge in [-0.1, -0.05) is 50.2 Å². The minimum atomic E-state index is 0.149. The normalized spacial score (nSPS) is 8.42. The van der Waals surface area contributed by atoms with E-state index in [9.17, 15) is 9.59 Å². The number of terminal acetylenes is 1. The number of carbonyl (C=O) groups is 2. The van der Waals surface area contributed by atoms with Gasteiger partial charge >= 0.3 is 0 Å². The highest BCUT2D eigenvalue weighted by Crippen LogP contribution is 2.26. The highest BCUT2D eigenvalue weighted by atomic mass is 32.1. The van der Waals surface area contributed by atoms with Crippen LogP contribution >= 0.6 is 22.7 Å². The third kappa shape index (κ3) is 10.8. The molecule has 0 atom stereocenters. The minimum absolute atomic E-state index is 0.149. The van der Waals surface area contributed by atoms with E-state index in [1.54, 1.807) is 43.4 Å². The SMILES string of the molecule is C#CC.CC.CC#CC.CC(=O)c1cc2ccccc2s1.CC(=O)c1cc2ccccc2s1. The maximum Gasteiger partial charge on any atom is 0.169 e. The summed E-state index contributed by atoms with van der Waals surface area (Å²) < 4.78 is 2.37. The highest BCUT2D eigenvalue weighted by Gasteiger charge is 2.04. The quantitative estimate of drug-likeness (QED) is 0.214. The highest BCUT2D eigenvalue weighted by molar-refractivity contribution is 7.21. The smallest absolute Gasteiger partial charge is 0.169 e. The van der Waals surface area contributed by atoms with Crippen LogP contribution in [0.15, 0.2) is 60.7 Å². The molecule has 0 bridgehead atoms. The van der Waals surface area contributed by atoms with Crippen LogP contribution in [0.4, 0.5) is 0 Å². The predicted molar refractivity (Wildman–Crippen MR) is 149 cm³/mol. The predicted octanol–water partition coefficient (Wildman–Crippen LogP) is 8.90. The van der Waals surface area contributed by atoms with Crippen LogP contribution in [0.25, 0.3) is 20.2 Å². The van der Waals surface area contributed by atoms with Gasteiger partial charge in [0.1, 0.15) is 0 Å². The second kappa shape index (κ2) is 17.4. The molecule has 4 aromatic rings. The minimum Gasteiger partial charge on any atom is -0.294 e. The van der Waals surface area contributed by atoms with Crippen molar-refractivity contribution in [3.63, 3.8) is 0 Å². The van der Waals surface area contributed by atoms with Crippen LogP contribution in [0.2, 0.25) is 0 Å². The fourth-order valence-electron chi connectivity index (χ4n) is 2.31. The van der Waals surface area contributed by atoms with E-state index in [1.165, 1.54) is 9.40 Å². The first kappa shape index (κ1) is 29.8. The van der Waals surface area contributed by atoms with Crippen molar-refractivity contribution in [3.8, 4) is 24.2 Å². The Morgan fingerprint density at radius 1 is 0.697 bits per heavy atom. The number of benzene rings is 2. The molecule has 0 aliphatic rings. The number of fused-ring (bicyclic) bond motifs is 2. The van der Waals surface area contributed by atoms with Crippen LogP contribution in [0.1, 0.15) is 67.8 Å². The van der Waals surface area contributed by atoms with Crippen molar-refractivity contribution in [2.45, 2.75) is 48.5 Å². The lowest BCUT2D eigenvalue weighted by Gasteiger charge is -1.82. The zero-order valence-corrected chi connectivity index (χ0v) is 22.1. The Morgan fingerprint density at radius 3 is 1.24 bits per heavy atom. The standard InChI is InChI=1S/2C10H8OS.C4H6.C3H4.C2H6/c2*1-7(11)10-6-8-4-2-3-5-9(8)12-10;1-3-4-2;1-3-2;1-2/h2*2-6H,1H3;1-2H3;1H,2H3;1-2H3. The van der Waals surface area contributed by atoms with E-state index in [0.717, 1.165) is 20.5 Å². The molecule has 0 saturated carbocycles. The van der Waals surface area contributed by atoms with E-state index in [-0.39, 0.29) is 11.6 Å². The number of rotatable bonds is 2. The zero-order valence-electron chi connectivity index (χ0n) is 20.5. The molecule has 0 fully saturated rings. The first-order chi connectivity index (χ1) is 15.9. The summed E-state index contributed by atoms with van der Waals surface area (Å²) in [6.45, 7) is 12.5. The van der Waals surface area contributed by atoms with Gasteiger partial charge in [-0.15, -0.1) is 46.9 Å². The number of thiophene rings is 2. The van der Waals surface area contributed by atoms with Gasteiger partial charge in [0.25, 0.3) is 0 Å². The van der Waals surface area contributed by atoms with Crippen LogP contribution in [0, 0.1) is 24.2 Å². The second-order valence-electron chi connectivity index (χ2n) is 6.20. The summed E-state index contributed by atoms with van der Waals surface area (Å²) in [6, 6.07) is 20.0. The van der Waals surface area contributed by atoms with Gasteiger partial charge in [-0.25, -0.2) is 0 Å². The summed E-state index contributed by atoms with van der Waals surface area (Å²) in [7, 11) is 0. The molecule has 172 valence electrons. The number of hydrogen-bond donors (Lipinski definition) is 0. The molecule has 4 rings (SSSR count). The van der Waals surface area contributed by atoms with E-state index >= 15 is 0 Å². The number of ketones is 2.